The Morgan fingerprint density at radius 2 is 1.02 bits per heavy atom. The average molecular weight is 626 g/mol. The lowest BCUT2D eigenvalue weighted by atomic mass is 10.0. The number of halogens is 1. The van der Waals surface area contributed by atoms with E-state index < -0.39 is 23.4 Å². The number of ether oxygens (including phenoxy) is 2. The van der Waals surface area contributed by atoms with Crippen molar-refractivity contribution < 1.29 is 23.9 Å². The van der Waals surface area contributed by atoms with Crippen LogP contribution in [-0.2, 0) is 9.47 Å². The van der Waals surface area contributed by atoms with Crippen LogP contribution in [0.3, 0.4) is 0 Å². The maximum absolute atomic E-state index is 11.8. The Morgan fingerprint density at radius 1 is 0.634 bits per heavy atom. The Bertz CT molecular complexity index is 1500. The number of anilines is 2. The number of nitrogens with one attached hydrogen (secondary N) is 2. The van der Waals surface area contributed by atoms with Crippen LogP contribution in [0, 0.1) is 0 Å². The normalized spacial score (nSPS) is 10.7. The third-order valence-electron chi connectivity index (χ3n) is 5.23. The summed E-state index contributed by atoms with van der Waals surface area (Å²) in [7, 11) is 0. The molecule has 7 nitrogen and oxygen atoms in total. The van der Waals surface area contributed by atoms with Crippen LogP contribution < -0.4 is 10.6 Å². The van der Waals surface area contributed by atoms with Crippen molar-refractivity contribution in [1.29, 1.82) is 0 Å². The number of carbonyl (C=O) groups is 3. The predicted octanol–water partition coefficient (Wildman–Crippen LogP) is 10.2. The highest BCUT2D eigenvalue weighted by molar-refractivity contribution is 9.10. The highest BCUT2D eigenvalue weighted by Crippen LogP contribution is 2.30. The van der Waals surface area contributed by atoms with Crippen molar-refractivity contribution in [3.05, 3.63) is 82.8 Å². The third-order valence-corrected chi connectivity index (χ3v) is 5.92. The maximum Gasteiger partial charge on any atom is 0.412 e. The minimum absolute atomic E-state index is 0. The van der Waals surface area contributed by atoms with E-state index in [0.717, 1.165) is 38.0 Å². The van der Waals surface area contributed by atoms with Gasteiger partial charge in [-0.1, -0.05) is 79.3 Å². The number of amides is 2. The molecule has 4 aromatic rings. The lowest BCUT2D eigenvalue weighted by molar-refractivity contribution is 0.0625. The number of benzene rings is 4. The van der Waals surface area contributed by atoms with Crippen molar-refractivity contribution in [2.24, 2.45) is 0 Å². The molecule has 0 atom stereocenters. The van der Waals surface area contributed by atoms with Crippen LogP contribution in [0.2, 0.25) is 0 Å². The molecule has 0 radical (unpaired) electrons. The minimum Gasteiger partial charge on any atom is -0.444 e. The average Bonchev–Trinajstić information content (AvgIpc) is 2.84. The first-order valence-corrected chi connectivity index (χ1v) is 13.2. The van der Waals surface area contributed by atoms with E-state index in [9.17, 15) is 14.4 Å². The molecule has 4 aromatic carbocycles. The van der Waals surface area contributed by atoms with Crippen LogP contribution in [0.25, 0.3) is 21.5 Å². The van der Waals surface area contributed by atoms with Gasteiger partial charge >= 0.3 is 12.2 Å². The summed E-state index contributed by atoms with van der Waals surface area (Å²) in [5.74, 6) is 0. The van der Waals surface area contributed by atoms with Gasteiger partial charge in [-0.15, -0.1) is 0 Å². The van der Waals surface area contributed by atoms with E-state index in [2.05, 4.69) is 26.6 Å². The third kappa shape index (κ3) is 10.2. The van der Waals surface area contributed by atoms with Gasteiger partial charge in [-0.05, 0) is 76.6 Å². The number of rotatable bonds is 3. The SMILES string of the molecule is C.C.CC(C)(C)OC(=O)Nc1ccc(Br)c2ccccc12.CC(C)(C)OC(=O)Nc1ccc(C=O)c2ccccc12. The smallest absolute Gasteiger partial charge is 0.412 e. The summed E-state index contributed by atoms with van der Waals surface area (Å²) in [6.07, 6.45) is -0.152. The minimum atomic E-state index is -0.553. The Hall–Kier alpha value is -3.91. The standard InChI is InChI=1S/C16H17NO3.C15H16BrNO2.2CH4/c1-16(2,3)20-15(19)17-14-9-8-11(10-18)12-6-4-5-7-13(12)14;1-15(2,3)19-14(18)17-13-9-8-12(16)10-6-4-5-7-11(10)13;;/h4-10H,1-3H3,(H,17,19);4-9H,1-3H3,(H,17,18);2*1H4. The van der Waals surface area contributed by atoms with E-state index in [4.69, 9.17) is 9.47 Å². The molecule has 4 rings (SSSR count). The second-order valence-corrected chi connectivity index (χ2v) is 11.6. The molecule has 0 aliphatic rings. The maximum atomic E-state index is 11.8. The summed E-state index contributed by atoms with van der Waals surface area (Å²) >= 11 is 3.50. The van der Waals surface area contributed by atoms with Crippen molar-refractivity contribution in [1.82, 2.24) is 0 Å². The zero-order valence-corrected chi connectivity index (χ0v) is 24.5. The van der Waals surface area contributed by atoms with E-state index >= 15 is 0 Å². The molecule has 0 spiro atoms. The first-order chi connectivity index (χ1) is 18.3. The van der Waals surface area contributed by atoms with Crippen molar-refractivity contribution in [2.45, 2.75) is 67.6 Å². The van der Waals surface area contributed by atoms with Crippen LogP contribution >= 0.6 is 15.9 Å². The lowest BCUT2D eigenvalue weighted by Crippen LogP contribution is -2.27. The number of carbonyl (C=O) groups excluding carboxylic acids is 3. The van der Waals surface area contributed by atoms with Crippen molar-refractivity contribution in [2.75, 3.05) is 10.6 Å². The van der Waals surface area contributed by atoms with Crippen molar-refractivity contribution in [3.8, 4) is 0 Å². The fourth-order valence-electron chi connectivity index (χ4n) is 3.73. The summed E-state index contributed by atoms with van der Waals surface area (Å²) in [6, 6.07) is 22.4. The molecule has 0 bridgehead atoms. The van der Waals surface area contributed by atoms with Crippen LogP contribution in [-0.4, -0.2) is 29.7 Å². The molecule has 0 fully saturated rings. The molecule has 0 saturated heterocycles. The van der Waals surface area contributed by atoms with E-state index in [1.54, 1.807) is 32.9 Å². The molecule has 0 unspecified atom stereocenters. The molecule has 0 aromatic heterocycles. The summed E-state index contributed by atoms with van der Waals surface area (Å²) in [5, 5.41) is 9.14. The topological polar surface area (TPSA) is 93.7 Å². The van der Waals surface area contributed by atoms with Gasteiger partial charge in [-0.2, -0.15) is 0 Å². The fraction of sp³-hybridized carbons (Fsp3) is 0.303. The van der Waals surface area contributed by atoms with Gasteiger partial charge in [0.2, 0.25) is 0 Å². The zero-order valence-electron chi connectivity index (χ0n) is 22.9. The molecule has 8 heteroatoms. The van der Waals surface area contributed by atoms with Gasteiger partial charge in [-0.3, -0.25) is 15.4 Å². The molecule has 2 N–H and O–H groups in total. The van der Waals surface area contributed by atoms with Crippen molar-refractivity contribution in [3.63, 3.8) is 0 Å². The van der Waals surface area contributed by atoms with Gasteiger partial charge in [0.15, 0.2) is 6.29 Å². The van der Waals surface area contributed by atoms with Gasteiger partial charge in [0.1, 0.15) is 11.2 Å². The second kappa shape index (κ2) is 14.6. The van der Waals surface area contributed by atoms with Gasteiger partial charge in [0.05, 0.1) is 11.4 Å². The number of fused-ring (bicyclic) bond motifs is 2. The fourth-order valence-corrected chi connectivity index (χ4v) is 4.21. The Labute approximate surface area is 251 Å². The van der Waals surface area contributed by atoms with Crippen molar-refractivity contribution >= 4 is 67.3 Å². The van der Waals surface area contributed by atoms with E-state index in [1.165, 1.54) is 0 Å². The molecule has 0 aliphatic heterocycles. The van der Waals surface area contributed by atoms with Gasteiger partial charge in [0, 0.05) is 20.8 Å². The summed E-state index contributed by atoms with van der Waals surface area (Å²) in [6.45, 7) is 10.9. The second-order valence-electron chi connectivity index (χ2n) is 10.8. The molecule has 0 heterocycles. The first-order valence-electron chi connectivity index (χ1n) is 12.4. The zero-order chi connectivity index (χ0) is 28.8. The monoisotopic (exact) mass is 624 g/mol. The highest BCUT2D eigenvalue weighted by Gasteiger charge is 2.18. The predicted molar refractivity (Wildman–Crippen MR) is 174 cm³/mol. The first kappa shape index (κ1) is 35.1. The molecular formula is C33H41BrN2O5. The lowest BCUT2D eigenvalue weighted by Gasteiger charge is -2.20. The molecule has 2 amide bonds. The summed E-state index contributed by atoms with van der Waals surface area (Å²) in [4.78, 5) is 34.7. The van der Waals surface area contributed by atoms with Gasteiger partial charge in [-0.25, -0.2) is 9.59 Å². The van der Waals surface area contributed by atoms with Gasteiger partial charge < -0.3 is 9.47 Å². The summed E-state index contributed by atoms with van der Waals surface area (Å²) in [5.41, 5.74) is 0.904. The largest absolute Gasteiger partial charge is 0.444 e. The van der Waals surface area contributed by atoms with Crippen LogP contribution in [0.1, 0.15) is 66.8 Å². The van der Waals surface area contributed by atoms with E-state index in [-0.39, 0.29) is 14.9 Å². The van der Waals surface area contributed by atoms with Crippen LogP contribution in [0.5, 0.6) is 0 Å². The number of hydrogen-bond acceptors (Lipinski definition) is 5. The number of aldehydes is 1. The number of hydrogen-bond donors (Lipinski definition) is 2. The van der Waals surface area contributed by atoms with Crippen LogP contribution in [0.15, 0.2) is 77.3 Å². The van der Waals surface area contributed by atoms with E-state index in [1.807, 2.05) is 81.4 Å². The molecular weight excluding hydrogens is 584 g/mol. The van der Waals surface area contributed by atoms with E-state index in [0.29, 0.717) is 11.3 Å². The Kier molecular flexibility index (Phi) is 12.5. The Morgan fingerprint density at radius 3 is 1.46 bits per heavy atom. The van der Waals surface area contributed by atoms with Gasteiger partial charge in [0.25, 0.3) is 0 Å². The Balaban J connectivity index is 0.000000391. The van der Waals surface area contributed by atoms with Crippen LogP contribution in [0.4, 0.5) is 21.0 Å². The molecule has 0 saturated carbocycles. The molecule has 41 heavy (non-hydrogen) atoms. The molecule has 0 aliphatic carbocycles. The highest BCUT2D eigenvalue weighted by atomic mass is 79.9. The summed E-state index contributed by atoms with van der Waals surface area (Å²) < 4.78 is 11.5. The quantitative estimate of drug-likeness (QED) is 0.221. The molecule has 220 valence electrons.